The summed E-state index contributed by atoms with van der Waals surface area (Å²) in [6.45, 7) is 7.53. The maximum atomic E-state index is 13.0. The van der Waals surface area contributed by atoms with Crippen molar-refractivity contribution >= 4 is 17.7 Å². The Bertz CT molecular complexity index is 693. The zero-order chi connectivity index (χ0) is 17.2. The molecule has 1 atom stereocenters. The highest BCUT2D eigenvalue weighted by molar-refractivity contribution is 8.00. The molecule has 0 fully saturated rings. The van der Waals surface area contributed by atoms with Crippen LogP contribution in [0, 0.1) is 5.82 Å². The van der Waals surface area contributed by atoms with Gasteiger partial charge in [0.25, 0.3) is 0 Å². The molecule has 23 heavy (non-hydrogen) atoms. The molecule has 1 amide bonds. The minimum Gasteiger partial charge on any atom is -0.351 e. The molecule has 0 aliphatic carbocycles. The largest absolute Gasteiger partial charge is 0.351 e. The van der Waals surface area contributed by atoms with Gasteiger partial charge in [-0.1, -0.05) is 11.8 Å². The van der Waals surface area contributed by atoms with Gasteiger partial charge < -0.3 is 11.2 Å². The van der Waals surface area contributed by atoms with Gasteiger partial charge in [-0.25, -0.2) is 9.07 Å². The Balaban J connectivity index is 2.13. The van der Waals surface area contributed by atoms with Gasteiger partial charge in [0, 0.05) is 11.1 Å². The zero-order valence-electron chi connectivity index (χ0n) is 13.5. The fourth-order valence-corrected chi connectivity index (χ4v) is 2.61. The second-order valence-corrected chi connectivity index (χ2v) is 7.49. The number of rotatable bonds is 4. The van der Waals surface area contributed by atoms with Crippen molar-refractivity contribution < 1.29 is 9.18 Å². The second-order valence-electron chi connectivity index (χ2n) is 6.18. The highest BCUT2D eigenvalue weighted by Gasteiger charge is 2.23. The number of benzene rings is 1. The number of nitrogens with one attached hydrogen (secondary N) is 1. The van der Waals surface area contributed by atoms with Crippen molar-refractivity contribution in [3.8, 4) is 11.4 Å². The molecule has 6 nitrogen and oxygen atoms in total. The number of hydrogen-bond donors (Lipinski definition) is 2. The predicted octanol–water partition coefficient (Wildman–Crippen LogP) is 2.19. The number of nitrogen functional groups attached to an aromatic ring is 1. The number of hydrogen-bond acceptors (Lipinski definition) is 5. The zero-order valence-corrected chi connectivity index (χ0v) is 14.3. The third-order valence-corrected chi connectivity index (χ3v) is 3.97. The monoisotopic (exact) mass is 337 g/mol. The molecular weight excluding hydrogens is 317 g/mol. The summed E-state index contributed by atoms with van der Waals surface area (Å²) >= 11 is 1.22. The Kier molecular flexibility index (Phi) is 4.93. The number of nitrogens with zero attached hydrogens (tertiary/aromatic N) is 3. The van der Waals surface area contributed by atoms with Crippen molar-refractivity contribution in [1.82, 2.24) is 20.2 Å². The fourth-order valence-electron chi connectivity index (χ4n) is 1.84. The van der Waals surface area contributed by atoms with E-state index >= 15 is 0 Å². The molecule has 0 saturated carbocycles. The Morgan fingerprint density at radius 3 is 2.48 bits per heavy atom. The lowest BCUT2D eigenvalue weighted by molar-refractivity contribution is -0.121. The average molecular weight is 337 g/mol. The van der Waals surface area contributed by atoms with Crippen molar-refractivity contribution in [1.29, 1.82) is 0 Å². The molecule has 0 bridgehead atoms. The van der Waals surface area contributed by atoms with Crippen LogP contribution in [0.2, 0.25) is 0 Å². The summed E-state index contributed by atoms with van der Waals surface area (Å²) < 4.78 is 14.3. The Morgan fingerprint density at radius 2 is 1.91 bits per heavy atom. The van der Waals surface area contributed by atoms with E-state index in [4.69, 9.17) is 5.84 Å². The number of thioether (sulfide) groups is 1. The minimum atomic E-state index is -0.373. The topological polar surface area (TPSA) is 85.8 Å². The van der Waals surface area contributed by atoms with E-state index in [1.165, 1.54) is 28.6 Å². The third kappa shape index (κ3) is 4.44. The lowest BCUT2D eigenvalue weighted by Gasteiger charge is -2.22. The van der Waals surface area contributed by atoms with Gasteiger partial charge in [-0.2, -0.15) is 0 Å². The molecule has 2 aromatic rings. The third-order valence-electron chi connectivity index (χ3n) is 2.92. The van der Waals surface area contributed by atoms with Gasteiger partial charge in [0.1, 0.15) is 5.82 Å². The second kappa shape index (κ2) is 6.57. The van der Waals surface area contributed by atoms with E-state index in [2.05, 4.69) is 15.5 Å². The van der Waals surface area contributed by atoms with Gasteiger partial charge in [0.15, 0.2) is 5.82 Å². The molecule has 0 spiro atoms. The number of halogens is 1. The number of carbonyl (C=O) groups is 1. The van der Waals surface area contributed by atoms with Crippen LogP contribution in [0.3, 0.4) is 0 Å². The van der Waals surface area contributed by atoms with Gasteiger partial charge in [0.05, 0.1) is 5.25 Å². The van der Waals surface area contributed by atoms with E-state index in [1.54, 1.807) is 19.1 Å². The molecule has 0 aliphatic heterocycles. The first-order valence-corrected chi connectivity index (χ1v) is 8.00. The molecule has 1 unspecified atom stereocenters. The van der Waals surface area contributed by atoms with Crippen molar-refractivity contribution in [2.45, 2.75) is 43.6 Å². The molecule has 2 rings (SSSR count). The molecule has 1 aromatic heterocycles. The van der Waals surface area contributed by atoms with Crippen LogP contribution in [-0.2, 0) is 4.79 Å². The molecule has 0 saturated heterocycles. The maximum absolute atomic E-state index is 13.0. The highest BCUT2D eigenvalue weighted by Crippen LogP contribution is 2.25. The molecular formula is C15H20FN5OS. The van der Waals surface area contributed by atoms with E-state index < -0.39 is 0 Å². The predicted molar refractivity (Wildman–Crippen MR) is 88.8 cm³/mol. The fraction of sp³-hybridized carbons (Fsp3) is 0.400. The van der Waals surface area contributed by atoms with E-state index in [0.29, 0.717) is 16.5 Å². The van der Waals surface area contributed by atoms with Crippen LogP contribution in [0.5, 0.6) is 0 Å². The first-order valence-electron chi connectivity index (χ1n) is 7.12. The number of aromatic nitrogens is 3. The first-order chi connectivity index (χ1) is 10.7. The Morgan fingerprint density at radius 1 is 1.30 bits per heavy atom. The normalized spacial score (nSPS) is 12.9. The lowest BCUT2D eigenvalue weighted by Crippen LogP contribution is -2.44. The quantitative estimate of drug-likeness (QED) is 0.660. The van der Waals surface area contributed by atoms with E-state index in [0.717, 1.165) is 0 Å². The molecule has 124 valence electrons. The van der Waals surface area contributed by atoms with Crippen LogP contribution in [0.4, 0.5) is 4.39 Å². The van der Waals surface area contributed by atoms with E-state index in [-0.39, 0.29) is 22.5 Å². The van der Waals surface area contributed by atoms with E-state index in [1.807, 2.05) is 20.8 Å². The summed E-state index contributed by atoms with van der Waals surface area (Å²) in [5.74, 6) is 5.97. The maximum Gasteiger partial charge on any atom is 0.233 e. The van der Waals surface area contributed by atoms with Crippen molar-refractivity contribution in [2.24, 2.45) is 0 Å². The molecule has 0 radical (unpaired) electrons. The summed E-state index contributed by atoms with van der Waals surface area (Å²) in [5, 5.41) is 11.0. The smallest absolute Gasteiger partial charge is 0.233 e. The number of nitrogens with two attached hydrogens (primary N) is 1. The summed E-state index contributed by atoms with van der Waals surface area (Å²) in [7, 11) is 0. The SMILES string of the molecule is CC(Sc1nnc(-c2ccc(F)cc2)n1N)C(=O)NC(C)(C)C. The highest BCUT2D eigenvalue weighted by atomic mass is 32.2. The first kappa shape index (κ1) is 17.3. The molecule has 8 heteroatoms. The minimum absolute atomic E-state index is 0.103. The van der Waals surface area contributed by atoms with Crippen LogP contribution in [0.25, 0.3) is 11.4 Å². The number of amides is 1. The summed E-state index contributed by atoms with van der Waals surface area (Å²) in [4.78, 5) is 12.1. The number of carbonyl (C=O) groups excluding carboxylic acids is 1. The van der Waals surface area contributed by atoms with Gasteiger partial charge in [-0.15, -0.1) is 10.2 Å². The molecule has 0 aliphatic rings. The van der Waals surface area contributed by atoms with E-state index in [9.17, 15) is 9.18 Å². The Labute approximate surface area is 138 Å². The van der Waals surface area contributed by atoms with Crippen molar-refractivity contribution in [2.75, 3.05) is 5.84 Å². The van der Waals surface area contributed by atoms with Gasteiger partial charge >= 0.3 is 0 Å². The molecule has 1 aromatic carbocycles. The molecule has 1 heterocycles. The Hall–Kier alpha value is -2.09. The standard InChI is InChI=1S/C15H20FN5OS/c1-9(13(22)18-15(2,3)4)23-14-20-19-12(21(14)17)10-5-7-11(16)8-6-10/h5-9H,17H2,1-4H3,(H,18,22). The van der Waals surface area contributed by atoms with Crippen LogP contribution in [0.15, 0.2) is 29.4 Å². The van der Waals surface area contributed by atoms with Crippen molar-refractivity contribution in [3.05, 3.63) is 30.1 Å². The van der Waals surface area contributed by atoms with Gasteiger partial charge in [-0.05, 0) is 52.0 Å². The van der Waals surface area contributed by atoms with Crippen LogP contribution in [0.1, 0.15) is 27.7 Å². The summed E-state index contributed by atoms with van der Waals surface area (Å²) in [6, 6.07) is 5.81. The average Bonchev–Trinajstić information content (AvgIpc) is 2.79. The molecule has 3 N–H and O–H groups in total. The summed E-state index contributed by atoms with van der Waals surface area (Å²) in [6.07, 6.45) is 0. The van der Waals surface area contributed by atoms with Crippen LogP contribution < -0.4 is 11.2 Å². The van der Waals surface area contributed by atoms with Gasteiger partial charge in [0.2, 0.25) is 11.1 Å². The van der Waals surface area contributed by atoms with Crippen LogP contribution >= 0.6 is 11.8 Å². The van der Waals surface area contributed by atoms with Gasteiger partial charge in [-0.3, -0.25) is 4.79 Å². The lowest BCUT2D eigenvalue weighted by atomic mass is 10.1. The van der Waals surface area contributed by atoms with Crippen molar-refractivity contribution in [3.63, 3.8) is 0 Å². The van der Waals surface area contributed by atoms with Crippen LogP contribution in [-0.4, -0.2) is 31.6 Å². The summed E-state index contributed by atoms with van der Waals surface area (Å²) in [5.41, 5.74) is 0.349.